The summed E-state index contributed by atoms with van der Waals surface area (Å²) in [7, 11) is 1.64. The predicted octanol–water partition coefficient (Wildman–Crippen LogP) is 3.55. The number of benzene rings is 2. The van der Waals surface area contributed by atoms with E-state index >= 15 is 0 Å². The number of aryl methyl sites for hydroxylation is 1. The van der Waals surface area contributed by atoms with E-state index < -0.39 is 0 Å². The van der Waals surface area contributed by atoms with Crippen molar-refractivity contribution < 1.29 is 14.3 Å². The average Bonchev–Trinajstić information content (AvgIpc) is 2.47. The summed E-state index contributed by atoms with van der Waals surface area (Å²) in [4.78, 5) is 11.5. The Hall–Kier alpha value is -2.29. The Labute approximate surface area is 118 Å². The lowest BCUT2D eigenvalue weighted by molar-refractivity contribution is -0.118. The standard InChI is InChI=1S/C17H16O3/c1-19-15-6-8-16(9-7-15)20-17-5-3-12-2-4-14(18)10-13(12)11-17/h3,5-9,11H,2,4,10H2,1H3. The minimum Gasteiger partial charge on any atom is -0.497 e. The van der Waals surface area contributed by atoms with E-state index in [4.69, 9.17) is 9.47 Å². The molecule has 0 aromatic heterocycles. The van der Waals surface area contributed by atoms with Crippen LogP contribution in [0.25, 0.3) is 0 Å². The van der Waals surface area contributed by atoms with Gasteiger partial charge in [0.05, 0.1) is 7.11 Å². The summed E-state index contributed by atoms with van der Waals surface area (Å²) in [6.45, 7) is 0. The second-order valence-corrected chi connectivity index (χ2v) is 4.92. The van der Waals surface area contributed by atoms with Gasteiger partial charge in [-0.25, -0.2) is 0 Å². The van der Waals surface area contributed by atoms with Gasteiger partial charge >= 0.3 is 0 Å². The minimum absolute atomic E-state index is 0.305. The fraction of sp³-hybridized carbons (Fsp3) is 0.235. The van der Waals surface area contributed by atoms with E-state index in [1.54, 1.807) is 7.11 Å². The normalized spacial score (nSPS) is 13.8. The molecule has 0 N–H and O–H groups in total. The SMILES string of the molecule is COc1ccc(Oc2ccc3c(c2)CC(=O)CC3)cc1. The molecule has 0 unspecified atom stereocenters. The zero-order chi connectivity index (χ0) is 13.9. The lowest BCUT2D eigenvalue weighted by Gasteiger charge is -2.16. The molecular weight excluding hydrogens is 252 g/mol. The van der Waals surface area contributed by atoms with Crippen LogP contribution < -0.4 is 9.47 Å². The van der Waals surface area contributed by atoms with Crippen molar-refractivity contribution in [1.82, 2.24) is 0 Å². The number of fused-ring (bicyclic) bond motifs is 1. The maximum absolute atomic E-state index is 11.5. The van der Waals surface area contributed by atoms with Gasteiger partial charge in [-0.05, 0) is 53.9 Å². The number of rotatable bonds is 3. The van der Waals surface area contributed by atoms with Crippen molar-refractivity contribution in [3.63, 3.8) is 0 Å². The molecule has 0 atom stereocenters. The van der Waals surface area contributed by atoms with E-state index in [2.05, 4.69) is 6.07 Å². The third-order valence-corrected chi connectivity index (χ3v) is 3.53. The Morgan fingerprint density at radius 1 is 0.850 bits per heavy atom. The van der Waals surface area contributed by atoms with Gasteiger partial charge in [-0.3, -0.25) is 4.79 Å². The molecule has 0 bridgehead atoms. The zero-order valence-electron chi connectivity index (χ0n) is 11.4. The van der Waals surface area contributed by atoms with E-state index in [1.165, 1.54) is 5.56 Å². The summed E-state index contributed by atoms with van der Waals surface area (Å²) in [6.07, 6.45) is 2.03. The number of Topliss-reactive ketones (excluding diaryl/α,β-unsaturated/α-hetero) is 1. The number of ether oxygens (including phenoxy) is 2. The van der Waals surface area contributed by atoms with Crippen LogP contribution in [0.2, 0.25) is 0 Å². The number of hydrogen-bond acceptors (Lipinski definition) is 3. The molecule has 102 valence electrons. The van der Waals surface area contributed by atoms with E-state index in [1.807, 2.05) is 36.4 Å². The number of carbonyl (C=O) groups excluding carboxylic acids is 1. The van der Waals surface area contributed by atoms with Crippen molar-refractivity contribution in [2.45, 2.75) is 19.3 Å². The van der Waals surface area contributed by atoms with Gasteiger partial charge in [-0.15, -0.1) is 0 Å². The second kappa shape index (κ2) is 5.37. The van der Waals surface area contributed by atoms with Gasteiger partial charge in [0.1, 0.15) is 23.0 Å². The molecule has 20 heavy (non-hydrogen) atoms. The predicted molar refractivity (Wildman–Crippen MR) is 76.5 cm³/mol. The highest BCUT2D eigenvalue weighted by Gasteiger charge is 2.16. The van der Waals surface area contributed by atoms with Crippen LogP contribution in [-0.2, 0) is 17.6 Å². The highest BCUT2D eigenvalue weighted by molar-refractivity contribution is 5.83. The number of ketones is 1. The van der Waals surface area contributed by atoms with Crippen LogP contribution in [0.4, 0.5) is 0 Å². The Bertz CT molecular complexity index is 629. The first-order chi connectivity index (χ1) is 9.74. The smallest absolute Gasteiger partial charge is 0.137 e. The van der Waals surface area contributed by atoms with Crippen molar-refractivity contribution in [3.8, 4) is 17.2 Å². The molecule has 0 spiro atoms. The van der Waals surface area contributed by atoms with Crippen LogP contribution >= 0.6 is 0 Å². The fourth-order valence-electron chi connectivity index (χ4n) is 2.43. The summed E-state index contributed by atoms with van der Waals surface area (Å²) >= 11 is 0. The molecule has 1 aliphatic rings. The molecule has 2 aromatic rings. The first-order valence-electron chi connectivity index (χ1n) is 6.70. The largest absolute Gasteiger partial charge is 0.497 e. The molecule has 0 heterocycles. The molecule has 0 saturated carbocycles. The maximum atomic E-state index is 11.5. The molecule has 0 aliphatic heterocycles. The van der Waals surface area contributed by atoms with Crippen LogP contribution in [0.1, 0.15) is 17.5 Å². The van der Waals surface area contributed by atoms with E-state index in [0.29, 0.717) is 18.6 Å². The van der Waals surface area contributed by atoms with E-state index in [0.717, 1.165) is 29.2 Å². The molecule has 0 amide bonds. The number of carbonyl (C=O) groups is 1. The van der Waals surface area contributed by atoms with Gasteiger partial charge < -0.3 is 9.47 Å². The second-order valence-electron chi connectivity index (χ2n) is 4.92. The van der Waals surface area contributed by atoms with Crippen LogP contribution in [-0.4, -0.2) is 12.9 Å². The van der Waals surface area contributed by atoms with Gasteiger partial charge in [-0.2, -0.15) is 0 Å². The Kier molecular flexibility index (Phi) is 3.42. The van der Waals surface area contributed by atoms with Gasteiger partial charge in [0.15, 0.2) is 0 Å². The molecular formula is C17H16O3. The topological polar surface area (TPSA) is 35.5 Å². The Morgan fingerprint density at radius 3 is 2.30 bits per heavy atom. The van der Waals surface area contributed by atoms with E-state index in [-0.39, 0.29) is 0 Å². The summed E-state index contributed by atoms with van der Waals surface area (Å²) < 4.78 is 10.9. The maximum Gasteiger partial charge on any atom is 0.137 e. The first-order valence-corrected chi connectivity index (χ1v) is 6.70. The van der Waals surface area contributed by atoms with Crippen LogP contribution in [0.3, 0.4) is 0 Å². The summed E-state index contributed by atoms with van der Waals surface area (Å²) in [5.41, 5.74) is 2.35. The summed E-state index contributed by atoms with van der Waals surface area (Å²) in [5, 5.41) is 0. The minimum atomic E-state index is 0.305. The van der Waals surface area contributed by atoms with Crippen LogP contribution in [0.15, 0.2) is 42.5 Å². The molecule has 2 aromatic carbocycles. The highest BCUT2D eigenvalue weighted by Crippen LogP contribution is 2.28. The summed E-state index contributed by atoms with van der Waals surface area (Å²) in [6, 6.07) is 13.4. The molecule has 0 fully saturated rings. The Morgan fingerprint density at radius 2 is 1.55 bits per heavy atom. The van der Waals surface area contributed by atoms with Crippen molar-refractivity contribution in [3.05, 3.63) is 53.6 Å². The van der Waals surface area contributed by atoms with Crippen molar-refractivity contribution in [1.29, 1.82) is 0 Å². The fourth-order valence-corrected chi connectivity index (χ4v) is 2.43. The summed E-state index contributed by atoms with van der Waals surface area (Å²) in [5.74, 6) is 2.63. The molecule has 1 aliphatic carbocycles. The Balaban J connectivity index is 1.80. The first kappa shape index (κ1) is 12.7. The lowest BCUT2D eigenvalue weighted by Crippen LogP contribution is -2.12. The van der Waals surface area contributed by atoms with Crippen molar-refractivity contribution in [2.24, 2.45) is 0 Å². The highest BCUT2D eigenvalue weighted by atomic mass is 16.5. The zero-order valence-corrected chi connectivity index (χ0v) is 11.4. The molecule has 3 nitrogen and oxygen atoms in total. The quantitative estimate of drug-likeness (QED) is 0.854. The number of hydrogen-bond donors (Lipinski definition) is 0. The van der Waals surface area contributed by atoms with Gasteiger partial charge in [0.2, 0.25) is 0 Å². The molecule has 3 rings (SSSR count). The van der Waals surface area contributed by atoms with Crippen molar-refractivity contribution in [2.75, 3.05) is 7.11 Å². The van der Waals surface area contributed by atoms with Gasteiger partial charge in [0.25, 0.3) is 0 Å². The van der Waals surface area contributed by atoms with Gasteiger partial charge in [-0.1, -0.05) is 6.07 Å². The average molecular weight is 268 g/mol. The lowest BCUT2D eigenvalue weighted by atomic mass is 9.91. The number of methoxy groups -OCH3 is 1. The van der Waals surface area contributed by atoms with Crippen molar-refractivity contribution >= 4 is 5.78 Å². The van der Waals surface area contributed by atoms with Gasteiger partial charge in [0, 0.05) is 12.8 Å². The molecule has 3 heteroatoms. The third kappa shape index (κ3) is 2.67. The van der Waals surface area contributed by atoms with Crippen LogP contribution in [0, 0.1) is 0 Å². The van der Waals surface area contributed by atoms with E-state index in [9.17, 15) is 4.79 Å². The molecule has 0 saturated heterocycles. The van der Waals surface area contributed by atoms with Crippen LogP contribution in [0.5, 0.6) is 17.2 Å². The monoisotopic (exact) mass is 268 g/mol. The third-order valence-electron chi connectivity index (χ3n) is 3.53. The molecule has 0 radical (unpaired) electrons.